The number of nitrogens with zero attached hydrogens (tertiary/aromatic N) is 1. The van der Waals surface area contributed by atoms with Crippen LogP contribution in [-0.4, -0.2) is 64.1 Å². The summed E-state index contributed by atoms with van der Waals surface area (Å²) in [6, 6.07) is 1.40. The van der Waals surface area contributed by atoms with Gasteiger partial charge in [-0.2, -0.15) is 0 Å². The average molecular weight is 244 g/mol. The van der Waals surface area contributed by atoms with Gasteiger partial charge < -0.3 is 14.8 Å². The predicted octanol–water partition coefficient (Wildman–Crippen LogP) is 1.11. The van der Waals surface area contributed by atoms with E-state index in [0.717, 1.165) is 45.3 Å². The minimum Gasteiger partial charge on any atom is -0.385 e. The molecule has 1 rings (SSSR count). The van der Waals surface area contributed by atoms with Crippen LogP contribution in [0.5, 0.6) is 0 Å². The zero-order valence-corrected chi connectivity index (χ0v) is 11.6. The molecule has 0 heterocycles. The van der Waals surface area contributed by atoms with Gasteiger partial charge in [-0.1, -0.05) is 0 Å². The standard InChI is InChI=1S/C13H28N2O2/c1-12(11-14-7-4-9-16-2)15(8-10-17-3)13-5-6-13/h12-14H,4-11H2,1-3H3. The molecule has 0 bridgehead atoms. The van der Waals surface area contributed by atoms with Crippen molar-refractivity contribution in [3.05, 3.63) is 0 Å². The molecule has 0 aromatic rings. The van der Waals surface area contributed by atoms with Crippen LogP contribution in [0.15, 0.2) is 0 Å². The summed E-state index contributed by atoms with van der Waals surface area (Å²) in [6.45, 7) is 7.15. The van der Waals surface area contributed by atoms with Gasteiger partial charge in [-0.15, -0.1) is 0 Å². The molecule has 0 spiro atoms. The van der Waals surface area contributed by atoms with Gasteiger partial charge in [0.2, 0.25) is 0 Å². The lowest BCUT2D eigenvalue weighted by Gasteiger charge is -2.29. The largest absolute Gasteiger partial charge is 0.385 e. The number of hydrogen-bond acceptors (Lipinski definition) is 4. The van der Waals surface area contributed by atoms with Crippen LogP contribution in [0.25, 0.3) is 0 Å². The van der Waals surface area contributed by atoms with Gasteiger partial charge in [0.05, 0.1) is 6.61 Å². The van der Waals surface area contributed by atoms with E-state index in [2.05, 4.69) is 17.1 Å². The van der Waals surface area contributed by atoms with Crippen LogP contribution < -0.4 is 5.32 Å². The molecule has 0 aliphatic heterocycles. The SMILES string of the molecule is COCCCNCC(C)N(CCOC)C1CC1. The zero-order chi connectivity index (χ0) is 12.5. The van der Waals surface area contributed by atoms with Gasteiger partial charge in [0.25, 0.3) is 0 Å². The molecule has 1 saturated carbocycles. The normalized spacial score (nSPS) is 17.6. The van der Waals surface area contributed by atoms with Gasteiger partial charge in [-0.25, -0.2) is 0 Å². The van der Waals surface area contributed by atoms with E-state index in [1.54, 1.807) is 14.2 Å². The molecule has 1 atom stereocenters. The molecule has 102 valence electrons. The Balaban J connectivity index is 2.11. The molecular formula is C13H28N2O2. The lowest BCUT2D eigenvalue weighted by molar-refractivity contribution is 0.118. The maximum Gasteiger partial charge on any atom is 0.0589 e. The Morgan fingerprint density at radius 3 is 2.53 bits per heavy atom. The summed E-state index contributed by atoms with van der Waals surface area (Å²) >= 11 is 0. The molecule has 4 heteroatoms. The molecule has 0 amide bonds. The highest BCUT2D eigenvalue weighted by Gasteiger charge is 2.31. The van der Waals surface area contributed by atoms with Crippen molar-refractivity contribution < 1.29 is 9.47 Å². The van der Waals surface area contributed by atoms with Crippen molar-refractivity contribution >= 4 is 0 Å². The van der Waals surface area contributed by atoms with Crippen molar-refractivity contribution in [2.24, 2.45) is 0 Å². The Kier molecular flexibility index (Phi) is 7.77. The van der Waals surface area contributed by atoms with Crippen molar-refractivity contribution in [1.29, 1.82) is 0 Å². The van der Waals surface area contributed by atoms with E-state index in [4.69, 9.17) is 9.47 Å². The van der Waals surface area contributed by atoms with E-state index < -0.39 is 0 Å². The van der Waals surface area contributed by atoms with Crippen molar-refractivity contribution in [1.82, 2.24) is 10.2 Å². The van der Waals surface area contributed by atoms with Gasteiger partial charge in [-0.3, -0.25) is 4.90 Å². The number of methoxy groups -OCH3 is 2. The van der Waals surface area contributed by atoms with Crippen LogP contribution >= 0.6 is 0 Å². The van der Waals surface area contributed by atoms with E-state index >= 15 is 0 Å². The molecule has 0 aromatic carbocycles. The van der Waals surface area contributed by atoms with Crippen LogP contribution in [0.4, 0.5) is 0 Å². The van der Waals surface area contributed by atoms with Crippen LogP contribution in [0.2, 0.25) is 0 Å². The maximum atomic E-state index is 5.18. The average Bonchev–Trinajstić information content (AvgIpc) is 3.14. The molecule has 1 fully saturated rings. The monoisotopic (exact) mass is 244 g/mol. The Morgan fingerprint density at radius 2 is 1.94 bits per heavy atom. The van der Waals surface area contributed by atoms with Crippen LogP contribution in [0, 0.1) is 0 Å². The Labute approximate surface area is 106 Å². The predicted molar refractivity (Wildman–Crippen MR) is 70.4 cm³/mol. The van der Waals surface area contributed by atoms with Crippen molar-refractivity contribution in [2.75, 3.05) is 47.1 Å². The lowest BCUT2D eigenvalue weighted by Crippen LogP contribution is -2.43. The third-order valence-corrected chi connectivity index (χ3v) is 3.28. The maximum absolute atomic E-state index is 5.18. The third-order valence-electron chi connectivity index (χ3n) is 3.28. The molecule has 1 unspecified atom stereocenters. The van der Waals surface area contributed by atoms with Gasteiger partial charge in [0.15, 0.2) is 0 Å². The van der Waals surface area contributed by atoms with E-state index in [9.17, 15) is 0 Å². The number of nitrogens with one attached hydrogen (secondary N) is 1. The zero-order valence-electron chi connectivity index (χ0n) is 11.6. The van der Waals surface area contributed by atoms with Crippen LogP contribution in [-0.2, 0) is 9.47 Å². The molecular weight excluding hydrogens is 216 g/mol. The number of ether oxygens (including phenoxy) is 2. The summed E-state index contributed by atoms with van der Waals surface area (Å²) in [5.41, 5.74) is 0. The van der Waals surface area contributed by atoms with Crippen LogP contribution in [0.1, 0.15) is 26.2 Å². The topological polar surface area (TPSA) is 33.7 Å². The number of hydrogen-bond donors (Lipinski definition) is 1. The highest BCUT2D eigenvalue weighted by molar-refractivity contribution is 4.87. The molecule has 17 heavy (non-hydrogen) atoms. The fraction of sp³-hybridized carbons (Fsp3) is 1.00. The number of rotatable bonds is 11. The Morgan fingerprint density at radius 1 is 1.24 bits per heavy atom. The van der Waals surface area contributed by atoms with E-state index in [1.165, 1.54) is 12.8 Å². The van der Waals surface area contributed by atoms with E-state index in [0.29, 0.717) is 6.04 Å². The third kappa shape index (κ3) is 6.36. The van der Waals surface area contributed by atoms with Gasteiger partial charge in [0, 0.05) is 46.0 Å². The second kappa shape index (κ2) is 8.86. The lowest BCUT2D eigenvalue weighted by atomic mass is 10.2. The summed E-state index contributed by atoms with van der Waals surface area (Å²) in [6.07, 6.45) is 3.81. The fourth-order valence-corrected chi connectivity index (χ4v) is 2.14. The molecule has 1 aliphatic rings. The van der Waals surface area contributed by atoms with Crippen LogP contribution in [0.3, 0.4) is 0 Å². The summed E-state index contributed by atoms with van der Waals surface area (Å²) in [5, 5.41) is 3.50. The van der Waals surface area contributed by atoms with Crippen molar-refractivity contribution in [3.8, 4) is 0 Å². The summed E-state index contributed by atoms with van der Waals surface area (Å²) in [7, 11) is 3.53. The first-order chi connectivity index (χ1) is 8.29. The first kappa shape index (κ1) is 14.9. The van der Waals surface area contributed by atoms with Gasteiger partial charge in [-0.05, 0) is 32.7 Å². The van der Waals surface area contributed by atoms with E-state index in [-0.39, 0.29) is 0 Å². The smallest absolute Gasteiger partial charge is 0.0589 e. The second-order valence-corrected chi connectivity index (χ2v) is 4.86. The summed E-state index contributed by atoms with van der Waals surface area (Å²) < 4.78 is 10.2. The minimum absolute atomic E-state index is 0.597. The fourth-order valence-electron chi connectivity index (χ4n) is 2.14. The highest BCUT2D eigenvalue weighted by Crippen LogP contribution is 2.28. The van der Waals surface area contributed by atoms with Crippen molar-refractivity contribution in [3.63, 3.8) is 0 Å². The highest BCUT2D eigenvalue weighted by atomic mass is 16.5. The Hall–Kier alpha value is -0.160. The first-order valence-corrected chi connectivity index (χ1v) is 6.74. The summed E-state index contributed by atoms with van der Waals surface area (Å²) in [4.78, 5) is 2.58. The van der Waals surface area contributed by atoms with Gasteiger partial charge in [0.1, 0.15) is 0 Å². The molecule has 0 radical (unpaired) electrons. The quantitative estimate of drug-likeness (QED) is 0.552. The summed E-state index contributed by atoms with van der Waals surface area (Å²) in [5.74, 6) is 0. The molecule has 1 N–H and O–H groups in total. The first-order valence-electron chi connectivity index (χ1n) is 6.74. The molecule has 1 aliphatic carbocycles. The Bertz CT molecular complexity index is 186. The molecule has 0 saturated heterocycles. The second-order valence-electron chi connectivity index (χ2n) is 4.86. The minimum atomic E-state index is 0.597. The molecule has 0 aromatic heterocycles. The molecule has 4 nitrogen and oxygen atoms in total. The van der Waals surface area contributed by atoms with Gasteiger partial charge >= 0.3 is 0 Å². The van der Waals surface area contributed by atoms with Crippen molar-refractivity contribution in [2.45, 2.75) is 38.3 Å². The van der Waals surface area contributed by atoms with E-state index in [1.807, 2.05) is 0 Å².